The fourth-order valence-electron chi connectivity index (χ4n) is 3.97. The van der Waals surface area contributed by atoms with Crippen molar-refractivity contribution < 1.29 is 4.79 Å². The molecule has 0 aliphatic carbocycles. The number of benzene rings is 3. The monoisotopic (exact) mass is 444 g/mol. The van der Waals surface area contributed by atoms with E-state index in [1.54, 1.807) is 6.07 Å². The number of rotatable bonds is 6. The topological polar surface area (TPSA) is 36.1 Å². The highest BCUT2D eigenvalue weighted by atomic mass is 35.5. The summed E-state index contributed by atoms with van der Waals surface area (Å²) in [6.07, 6.45) is 2.64. The smallest absolute Gasteiger partial charge is 0.256 e. The molecule has 1 amide bonds. The van der Waals surface area contributed by atoms with E-state index in [0.29, 0.717) is 23.7 Å². The second-order valence-electron chi connectivity index (χ2n) is 9.30. The average molecular weight is 445 g/mol. The van der Waals surface area contributed by atoms with Gasteiger partial charge in [0, 0.05) is 29.7 Å². The first kappa shape index (κ1) is 22.2. The van der Waals surface area contributed by atoms with Crippen molar-refractivity contribution in [2.75, 3.05) is 6.54 Å². The lowest BCUT2D eigenvalue weighted by molar-refractivity contribution is 0.0747. The highest BCUT2D eigenvalue weighted by molar-refractivity contribution is 6.32. The Balaban J connectivity index is 1.63. The molecule has 0 saturated heterocycles. The first-order valence-corrected chi connectivity index (χ1v) is 11.4. The molecular weight excluding hydrogens is 416 g/mol. The number of H-pyrrole nitrogens is 1. The van der Waals surface area contributed by atoms with E-state index >= 15 is 0 Å². The second kappa shape index (κ2) is 9.22. The van der Waals surface area contributed by atoms with Gasteiger partial charge in [-0.25, -0.2) is 0 Å². The van der Waals surface area contributed by atoms with E-state index in [-0.39, 0.29) is 11.3 Å². The van der Waals surface area contributed by atoms with E-state index < -0.39 is 0 Å². The van der Waals surface area contributed by atoms with Gasteiger partial charge in [-0.1, -0.05) is 87.0 Å². The number of fused-ring (bicyclic) bond motifs is 1. The van der Waals surface area contributed by atoms with Gasteiger partial charge < -0.3 is 9.88 Å². The largest absolute Gasteiger partial charge is 0.361 e. The molecule has 164 valence electrons. The maximum Gasteiger partial charge on any atom is 0.256 e. The van der Waals surface area contributed by atoms with Crippen molar-refractivity contribution in [1.29, 1.82) is 0 Å². The molecule has 1 N–H and O–H groups in total. The summed E-state index contributed by atoms with van der Waals surface area (Å²) in [6.45, 7) is 7.79. The summed E-state index contributed by atoms with van der Waals surface area (Å²) < 4.78 is 0. The van der Waals surface area contributed by atoms with Crippen LogP contribution in [-0.4, -0.2) is 22.3 Å². The molecule has 4 aromatic rings. The van der Waals surface area contributed by atoms with E-state index in [1.807, 2.05) is 41.4 Å². The van der Waals surface area contributed by atoms with Gasteiger partial charge in [0.2, 0.25) is 0 Å². The number of halogens is 1. The van der Waals surface area contributed by atoms with Crippen LogP contribution in [0.5, 0.6) is 0 Å². The molecule has 0 saturated carbocycles. The van der Waals surface area contributed by atoms with Gasteiger partial charge in [-0.2, -0.15) is 0 Å². The molecule has 0 atom stereocenters. The maximum atomic E-state index is 13.7. The van der Waals surface area contributed by atoms with Crippen molar-refractivity contribution in [3.63, 3.8) is 0 Å². The Hall–Kier alpha value is -3.04. The van der Waals surface area contributed by atoms with Gasteiger partial charge in [0.25, 0.3) is 5.91 Å². The summed E-state index contributed by atoms with van der Waals surface area (Å²) in [6, 6.07) is 24.5. The van der Waals surface area contributed by atoms with Crippen LogP contribution < -0.4 is 0 Å². The maximum absolute atomic E-state index is 13.7. The molecular formula is C28H29ClN2O. The molecule has 32 heavy (non-hydrogen) atoms. The Morgan fingerprint density at radius 1 is 0.938 bits per heavy atom. The van der Waals surface area contributed by atoms with E-state index in [9.17, 15) is 4.79 Å². The average Bonchev–Trinajstić information content (AvgIpc) is 3.24. The fraction of sp³-hybridized carbons (Fsp3) is 0.250. The molecule has 1 heterocycles. The van der Waals surface area contributed by atoms with E-state index in [4.69, 9.17) is 11.6 Å². The van der Waals surface area contributed by atoms with Crippen LogP contribution in [0, 0.1) is 0 Å². The number of hydrogen-bond donors (Lipinski definition) is 1. The van der Waals surface area contributed by atoms with Gasteiger partial charge in [-0.15, -0.1) is 0 Å². The number of aromatic amines is 1. The quantitative estimate of drug-likeness (QED) is 0.341. The van der Waals surface area contributed by atoms with Crippen LogP contribution in [-0.2, 0) is 18.4 Å². The van der Waals surface area contributed by atoms with Crippen LogP contribution in [0.4, 0.5) is 0 Å². The number of nitrogens with zero attached hydrogens (tertiary/aromatic N) is 1. The molecule has 0 aliphatic heterocycles. The number of carbonyl (C=O) groups is 1. The summed E-state index contributed by atoms with van der Waals surface area (Å²) in [4.78, 5) is 18.8. The van der Waals surface area contributed by atoms with Crippen LogP contribution >= 0.6 is 11.6 Å². The van der Waals surface area contributed by atoms with E-state index in [2.05, 4.69) is 62.2 Å². The first-order chi connectivity index (χ1) is 15.3. The second-order valence-corrected chi connectivity index (χ2v) is 9.74. The van der Waals surface area contributed by atoms with Gasteiger partial charge in [-0.05, 0) is 46.7 Å². The summed E-state index contributed by atoms with van der Waals surface area (Å²) in [5.74, 6) is -0.0178. The van der Waals surface area contributed by atoms with Crippen molar-refractivity contribution >= 4 is 28.4 Å². The molecule has 3 nitrogen and oxygen atoms in total. The molecule has 4 rings (SSSR count). The van der Waals surface area contributed by atoms with Crippen LogP contribution in [0.15, 0.2) is 79.0 Å². The Morgan fingerprint density at radius 3 is 2.34 bits per heavy atom. The van der Waals surface area contributed by atoms with Crippen molar-refractivity contribution in [1.82, 2.24) is 9.88 Å². The summed E-state index contributed by atoms with van der Waals surface area (Å²) >= 11 is 6.34. The fourth-order valence-corrected chi connectivity index (χ4v) is 4.19. The third kappa shape index (κ3) is 5.05. The predicted octanol–water partition coefficient (Wildman–Crippen LogP) is 7.00. The van der Waals surface area contributed by atoms with Gasteiger partial charge in [0.05, 0.1) is 11.1 Å². The molecule has 0 spiro atoms. The number of carbonyl (C=O) groups excluding carboxylic acids is 1. The summed E-state index contributed by atoms with van der Waals surface area (Å²) in [5, 5.41) is 1.51. The molecule has 1 aromatic heterocycles. The van der Waals surface area contributed by atoms with E-state index in [1.165, 1.54) is 11.1 Å². The normalized spacial score (nSPS) is 11.6. The minimum Gasteiger partial charge on any atom is -0.361 e. The lowest BCUT2D eigenvalue weighted by atomic mass is 9.87. The lowest BCUT2D eigenvalue weighted by Crippen LogP contribution is -2.32. The third-order valence-corrected chi connectivity index (χ3v) is 6.07. The zero-order valence-corrected chi connectivity index (χ0v) is 19.6. The van der Waals surface area contributed by atoms with Gasteiger partial charge in [0.15, 0.2) is 0 Å². The van der Waals surface area contributed by atoms with Gasteiger partial charge in [0.1, 0.15) is 0 Å². The van der Waals surface area contributed by atoms with Gasteiger partial charge in [-0.3, -0.25) is 4.79 Å². The van der Waals surface area contributed by atoms with Crippen LogP contribution in [0.2, 0.25) is 5.02 Å². The highest BCUT2D eigenvalue weighted by Gasteiger charge is 2.21. The molecule has 0 radical (unpaired) electrons. The lowest BCUT2D eigenvalue weighted by Gasteiger charge is -2.25. The zero-order chi connectivity index (χ0) is 22.7. The molecule has 3 aromatic carbocycles. The third-order valence-electron chi connectivity index (χ3n) is 5.85. The van der Waals surface area contributed by atoms with E-state index in [0.717, 1.165) is 22.9 Å². The molecule has 4 heteroatoms. The Kier molecular flexibility index (Phi) is 6.38. The van der Waals surface area contributed by atoms with Crippen LogP contribution in [0.3, 0.4) is 0 Å². The van der Waals surface area contributed by atoms with Crippen LogP contribution in [0.1, 0.15) is 47.8 Å². The predicted molar refractivity (Wildman–Crippen MR) is 133 cm³/mol. The molecule has 0 bridgehead atoms. The summed E-state index contributed by atoms with van der Waals surface area (Å²) in [7, 11) is 0. The first-order valence-electron chi connectivity index (χ1n) is 11.0. The Morgan fingerprint density at radius 2 is 1.66 bits per heavy atom. The SMILES string of the molecule is CC(C)(C)c1ccc(CN(CCc2ccccc2)C(=O)c2cc(Cl)cc3cc[nH]c23)cc1. The number of nitrogens with one attached hydrogen (secondary N) is 1. The van der Waals surface area contributed by atoms with Crippen LogP contribution in [0.25, 0.3) is 10.9 Å². The number of aromatic nitrogens is 1. The standard InChI is InChI=1S/C28H29ClN2O/c1-28(2,3)23-11-9-21(10-12-23)19-31(16-14-20-7-5-4-6-8-20)27(32)25-18-24(29)17-22-13-15-30-26(22)25/h4-13,15,17-18,30H,14,16,19H2,1-3H3. The van der Waals surface area contributed by atoms with Gasteiger partial charge >= 0.3 is 0 Å². The highest BCUT2D eigenvalue weighted by Crippen LogP contribution is 2.26. The minimum absolute atomic E-state index is 0.0178. The van der Waals surface area contributed by atoms with Crippen molar-refractivity contribution in [2.24, 2.45) is 0 Å². The summed E-state index contributed by atoms with van der Waals surface area (Å²) in [5.41, 5.74) is 5.14. The minimum atomic E-state index is -0.0178. The Labute approximate surface area is 195 Å². The number of hydrogen-bond acceptors (Lipinski definition) is 1. The molecule has 0 aliphatic rings. The van der Waals surface area contributed by atoms with Crippen molar-refractivity contribution in [3.05, 3.63) is 106 Å². The Bertz CT molecular complexity index is 1200. The molecule has 0 fully saturated rings. The van der Waals surface area contributed by atoms with Crippen molar-refractivity contribution in [2.45, 2.75) is 39.2 Å². The van der Waals surface area contributed by atoms with Crippen molar-refractivity contribution in [3.8, 4) is 0 Å². The zero-order valence-electron chi connectivity index (χ0n) is 18.9. The number of amides is 1. The molecule has 0 unspecified atom stereocenters.